The molecular weight excluding hydrogens is 140 g/mol. The van der Waals surface area contributed by atoms with Crippen LogP contribution < -0.4 is 0 Å². The first kappa shape index (κ1) is 7.17. The van der Waals surface area contributed by atoms with Crippen molar-refractivity contribution in [3.8, 4) is 0 Å². The summed E-state index contributed by atoms with van der Waals surface area (Å²) >= 11 is 0. The average Bonchev–Trinajstić information content (AvgIpc) is 2.06. The zero-order valence-corrected chi connectivity index (χ0v) is 6.57. The molecule has 0 aromatic heterocycles. The lowest BCUT2D eigenvalue weighted by Crippen LogP contribution is -2.37. The SMILES string of the molecule is O[C@@H]1C=CO[C@@H]2CCCC[C@H]12. The topological polar surface area (TPSA) is 29.5 Å². The van der Waals surface area contributed by atoms with Gasteiger partial charge in [-0.15, -0.1) is 0 Å². The molecule has 0 radical (unpaired) electrons. The maximum Gasteiger partial charge on any atom is 0.103 e. The van der Waals surface area contributed by atoms with E-state index >= 15 is 0 Å². The van der Waals surface area contributed by atoms with Gasteiger partial charge in [0.15, 0.2) is 0 Å². The number of fused-ring (bicyclic) bond motifs is 1. The van der Waals surface area contributed by atoms with E-state index in [1.54, 1.807) is 12.3 Å². The minimum absolute atomic E-state index is 0.256. The molecule has 1 saturated carbocycles. The molecule has 2 nitrogen and oxygen atoms in total. The van der Waals surface area contributed by atoms with Crippen molar-refractivity contribution in [2.45, 2.75) is 37.9 Å². The zero-order chi connectivity index (χ0) is 7.68. The van der Waals surface area contributed by atoms with Crippen molar-refractivity contribution >= 4 is 0 Å². The minimum atomic E-state index is -0.256. The molecule has 0 unspecified atom stereocenters. The summed E-state index contributed by atoms with van der Waals surface area (Å²) in [5, 5.41) is 9.54. The van der Waals surface area contributed by atoms with Gasteiger partial charge in [0.25, 0.3) is 0 Å². The van der Waals surface area contributed by atoms with Gasteiger partial charge in [-0.2, -0.15) is 0 Å². The summed E-state index contributed by atoms with van der Waals surface area (Å²) in [7, 11) is 0. The van der Waals surface area contributed by atoms with Crippen molar-refractivity contribution in [1.82, 2.24) is 0 Å². The first-order chi connectivity index (χ1) is 5.38. The van der Waals surface area contributed by atoms with E-state index in [4.69, 9.17) is 4.74 Å². The number of hydrogen-bond acceptors (Lipinski definition) is 2. The third kappa shape index (κ3) is 1.27. The number of hydrogen-bond donors (Lipinski definition) is 1. The highest BCUT2D eigenvalue weighted by Gasteiger charge is 2.32. The lowest BCUT2D eigenvalue weighted by Gasteiger charge is -2.35. The standard InChI is InChI=1S/C9H14O2/c10-8-5-6-11-9-4-2-1-3-7(8)9/h5-10H,1-4H2/t7-,8-,9-/m1/s1. The summed E-state index contributed by atoms with van der Waals surface area (Å²) in [5.74, 6) is 0.369. The second kappa shape index (κ2) is 2.86. The Hall–Kier alpha value is -0.500. The van der Waals surface area contributed by atoms with E-state index in [2.05, 4.69) is 0 Å². The van der Waals surface area contributed by atoms with Gasteiger partial charge in [-0.05, 0) is 25.3 Å². The van der Waals surface area contributed by atoms with Crippen LogP contribution in [0.25, 0.3) is 0 Å². The van der Waals surface area contributed by atoms with Crippen LogP contribution in [0.5, 0.6) is 0 Å². The monoisotopic (exact) mass is 154 g/mol. The third-order valence-electron chi connectivity index (χ3n) is 2.72. The molecule has 0 spiro atoms. The molecule has 3 atom stereocenters. The van der Waals surface area contributed by atoms with Crippen LogP contribution in [0.1, 0.15) is 25.7 Å². The lowest BCUT2D eigenvalue weighted by atomic mass is 9.82. The van der Waals surface area contributed by atoms with Crippen LogP contribution in [-0.4, -0.2) is 17.3 Å². The summed E-state index contributed by atoms with van der Waals surface area (Å²) in [6, 6.07) is 0. The van der Waals surface area contributed by atoms with Crippen LogP contribution in [0, 0.1) is 5.92 Å². The van der Waals surface area contributed by atoms with Crippen LogP contribution >= 0.6 is 0 Å². The molecule has 1 fully saturated rings. The molecule has 2 heteroatoms. The Kier molecular flexibility index (Phi) is 1.86. The van der Waals surface area contributed by atoms with Crippen molar-refractivity contribution in [3.63, 3.8) is 0 Å². The normalized spacial score (nSPS) is 42.8. The van der Waals surface area contributed by atoms with Gasteiger partial charge in [0.1, 0.15) is 6.10 Å². The van der Waals surface area contributed by atoms with Gasteiger partial charge in [0, 0.05) is 5.92 Å². The van der Waals surface area contributed by atoms with Gasteiger partial charge < -0.3 is 9.84 Å². The maximum atomic E-state index is 9.54. The zero-order valence-electron chi connectivity index (χ0n) is 6.57. The summed E-state index contributed by atoms with van der Waals surface area (Å²) in [6.07, 6.45) is 8.18. The Labute approximate surface area is 66.9 Å². The quantitative estimate of drug-likeness (QED) is 0.572. The summed E-state index contributed by atoms with van der Waals surface area (Å²) in [6.45, 7) is 0. The fourth-order valence-corrected chi connectivity index (χ4v) is 2.05. The van der Waals surface area contributed by atoms with Crippen molar-refractivity contribution in [3.05, 3.63) is 12.3 Å². The average molecular weight is 154 g/mol. The highest BCUT2D eigenvalue weighted by Crippen LogP contribution is 2.32. The predicted octanol–water partition coefficient (Wildman–Crippen LogP) is 1.45. The molecule has 0 aromatic carbocycles. The van der Waals surface area contributed by atoms with Crippen molar-refractivity contribution < 1.29 is 9.84 Å². The highest BCUT2D eigenvalue weighted by atomic mass is 16.5. The van der Waals surface area contributed by atoms with E-state index < -0.39 is 0 Å². The van der Waals surface area contributed by atoms with Crippen molar-refractivity contribution in [2.75, 3.05) is 0 Å². The number of aliphatic hydroxyl groups is 1. The maximum absolute atomic E-state index is 9.54. The molecule has 1 heterocycles. The molecule has 2 rings (SSSR count). The number of ether oxygens (including phenoxy) is 1. The van der Waals surface area contributed by atoms with Crippen LogP contribution in [0.2, 0.25) is 0 Å². The van der Waals surface area contributed by atoms with Crippen LogP contribution in [0.3, 0.4) is 0 Å². The first-order valence-electron chi connectivity index (χ1n) is 4.38. The molecule has 11 heavy (non-hydrogen) atoms. The molecule has 1 N–H and O–H groups in total. The Balaban J connectivity index is 2.08. The molecule has 0 saturated heterocycles. The van der Waals surface area contributed by atoms with E-state index in [0.717, 1.165) is 12.8 Å². The van der Waals surface area contributed by atoms with Gasteiger partial charge in [0.05, 0.1) is 12.4 Å². The summed E-state index contributed by atoms with van der Waals surface area (Å²) < 4.78 is 5.41. The third-order valence-corrected chi connectivity index (χ3v) is 2.72. The Morgan fingerprint density at radius 1 is 1.27 bits per heavy atom. The molecule has 62 valence electrons. The lowest BCUT2D eigenvalue weighted by molar-refractivity contribution is -0.0211. The van der Waals surface area contributed by atoms with Crippen molar-refractivity contribution in [1.29, 1.82) is 0 Å². The second-order valence-corrected chi connectivity index (χ2v) is 3.44. The van der Waals surface area contributed by atoms with Crippen molar-refractivity contribution in [2.24, 2.45) is 5.92 Å². The minimum Gasteiger partial charge on any atom is -0.498 e. The van der Waals surface area contributed by atoms with Gasteiger partial charge in [-0.25, -0.2) is 0 Å². The molecular formula is C9H14O2. The van der Waals surface area contributed by atoms with E-state index in [9.17, 15) is 5.11 Å². The van der Waals surface area contributed by atoms with Crippen LogP contribution in [-0.2, 0) is 4.74 Å². The van der Waals surface area contributed by atoms with E-state index in [-0.39, 0.29) is 6.10 Å². The molecule has 1 aliphatic heterocycles. The smallest absolute Gasteiger partial charge is 0.103 e. The first-order valence-corrected chi connectivity index (χ1v) is 4.38. The highest BCUT2D eigenvalue weighted by molar-refractivity contribution is 4.97. The van der Waals surface area contributed by atoms with E-state index in [0.29, 0.717) is 12.0 Å². The fraction of sp³-hybridized carbons (Fsp3) is 0.778. The van der Waals surface area contributed by atoms with Crippen LogP contribution in [0.4, 0.5) is 0 Å². The molecule has 1 aliphatic carbocycles. The van der Waals surface area contributed by atoms with Gasteiger partial charge in [-0.1, -0.05) is 6.42 Å². The van der Waals surface area contributed by atoms with E-state index in [1.807, 2.05) is 0 Å². The fourth-order valence-electron chi connectivity index (χ4n) is 2.05. The molecule has 0 amide bonds. The Morgan fingerprint density at radius 2 is 2.09 bits per heavy atom. The van der Waals surface area contributed by atoms with Gasteiger partial charge in [-0.3, -0.25) is 0 Å². The molecule has 0 aromatic rings. The number of aliphatic hydroxyl groups excluding tert-OH is 1. The van der Waals surface area contributed by atoms with Gasteiger partial charge >= 0.3 is 0 Å². The predicted molar refractivity (Wildman–Crippen MR) is 42.0 cm³/mol. The summed E-state index contributed by atoms with van der Waals surface area (Å²) in [5.41, 5.74) is 0. The molecule has 2 aliphatic rings. The Morgan fingerprint density at radius 3 is 2.91 bits per heavy atom. The molecule has 0 bridgehead atoms. The van der Waals surface area contributed by atoms with Crippen LogP contribution in [0.15, 0.2) is 12.3 Å². The van der Waals surface area contributed by atoms with E-state index in [1.165, 1.54) is 12.8 Å². The largest absolute Gasteiger partial charge is 0.498 e. The number of rotatable bonds is 0. The Bertz CT molecular complexity index is 165. The van der Waals surface area contributed by atoms with Gasteiger partial charge in [0.2, 0.25) is 0 Å². The summed E-state index contributed by atoms with van der Waals surface area (Å²) in [4.78, 5) is 0. The second-order valence-electron chi connectivity index (χ2n) is 3.44.